The summed E-state index contributed by atoms with van der Waals surface area (Å²) in [5, 5.41) is 11.4. The maximum Gasteiger partial charge on any atom is 0.164 e. The molecule has 0 N–H and O–H groups in total. The molecule has 0 fully saturated rings. The van der Waals surface area contributed by atoms with E-state index in [1.165, 1.54) is 33.4 Å². The van der Waals surface area contributed by atoms with Crippen molar-refractivity contribution in [2.45, 2.75) is 20.3 Å². The number of rotatable bonds is 5. The molecule has 4 aromatic heterocycles. The lowest BCUT2D eigenvalue weighted by Crippen LogP contribution is -2.01. The molecule has 4 heterocycles. The number of benzene rings is 10. The van der Waals surface area contributed by atoms with Crippen LogP contribution in [0.1, 0.15) is 20.3 Å². The lowest BCUT2D eigenvalue weighted by atomic mass is 9.98. The molecule has 0 aliphatic rings. The predicted molar refractivity (Wildman–Crippen MR) is 281 cm³/mol. The van der Waals surface area contributed by atoms with Gasteiger partial charge in [-0.15, -0.1) is 0 Å². The summed E-state index contributed by atoms with van der Waals surface area (Å²) in [7, 11) is 0. The van der Waals surface area contributed by atoms with Crippen molar-refractivity contribution in [2.24, 2.45) is 0 Å². The van der Waals surface area contributed by atoms with Crippen LogP contribution >= 0.6 is 0 Å². The number of nitrogens with zero attached hydrogens (tertiary/aromatic N) is 4. The number of aromatic nitrogens is 4. The number of hydrogen-bond donors (Lipinski definition) is 0. The van der Waals surface area contributed by atoms with Crippen LogP contribution < -0.4 is 0 Å². The normalized spacial score (nSPS) is 11.7. The summed E-state index contributed by atoms with van der Waals surface area (Å²) in [6, 6.07) is 72.1. The average Bonchev–Trinajstić information content (AvgIpc) is 4.09. The van der Waals surface area contributed by atoms with Crippen LogP contribution in [0.5, 0.6) is 0 Å². The predicted octanol–water partition coefficient (Wildman–Crippen LogP) is 17.2. The first kappa shape index (κ1) is 39.5. The molecule has 0 bridgehead atoms. The van der Waals surface area contributed by atoms with E-state index < -0.39 is 0 Å². The Kier molecular flexibility index (Phi) is 9.25. The van der Waals surface area contributed by atoms with Crippen molar-refractivity contribution < 1.29 is 8.83 Å². The molecular formula is C62H42N4O2. The highest BCUT2D eigenvalue weighted by molar-refractivity contribution is 6.24. The first-order valence-electron chi connectivity index (χ1n) is 23.3. The first-order valence-corrected chi connectivity index (χ1v) is 23.3. The van der Waals surface area contributed by atoms with Crippen molar-refractivity contribution in [1.82, 2.24) is 19.5 Å². The zero-order chi connectivity index (χ0) is 45.3. The Hall–Kier alpha value is -8.87. The van der Waals surface area contributed by atoms with Crippen LogP contribution in [0.15, 0.2) is 215 Å². The minimum absolute atomic E-state index is 0.568. The molecule has 0 radical (unpaired) electrons. The van der Waals surface area contributed by atoms with Crippen LogP contribution in [0.3, 0.4) is 0 Å². The third-order valence-corrected chi connectivity index (χ3v) is 13.0. The van der Waals surface area contributed by atoms with E-state index in [0.29, 0.717) is 17.5 Å². The van der Waals surface area contributed by atoms with Gasteiger partial charge in [-0.1, -0.05) is 190 Å². The number of fused-ring (bicyclic) bond motifs is 13. The van der Waals surface area contributed by atoms with Gasteiger partial charge >= 0.3 is 0 Å². The summed E-state index contributed by atoms with van der Waals surface area (Å²) in [4.78, 5) is 15.5. The molecule has 0 atom stereocenters. The van der Waals surface area contributed by atoms with E-state index in [-0.39, 0.29) is 0 Å². The molecule has 0 saturated heterocycles. The summed E-state index contributed by atoms with van der Waals surface area (Å²) >= 11 is 0. The van der Waals surface area contributed by atoms with E-state index in [1.54, 1.807) is 0 Å². The maximum atomic E-state index is 6.86. The van der Waals surface area contributed by atoms with Crippen molar-refractivity contribution in [3.05, 3.63) is 206 Å². The lowest BCUT2D eigenvalue weighted by Gasteiger charge is -2.14. The molecule has 68 heavy (non-hydrogen) atoms. The van der Waals surface area contributed by atoms with E-state index in [1.807, 2.05) is 54.6 Å². The molecule has 322 valence electrons. The molecule has 0 amide bonds. The fourth-order valence-corrected chi connectivity index (χ4v) is 10.1. The van der Waals surface area contributed by atoms with E-state index in [9.17, 15) is 0 Å². The summed E-state index contributed by atoms with van der Waals surface area (Å²) in [5.74, 6) is 1.74. The molecule has 0 spiro atoms. The van der Waals surface area contributed by atoms with Crippen LogP contribution in [0, 0.1) is 0 Å². The van der Waals surface area contributed by atoms with Crippen LogP contribution in [0.25, 0.3) is 138 Å². The SMILES string of the molecule is CCC.c1ccc(-c2nc(-c3cccc(-n4c5c(-c6cccc7c6oc6ccc8ccccc8c67)cccc5c5ccc6ccccc6c54)c3)nc(-c3ccc4c(c3)oc3ccccc34)n2)cc1. The van der Waals surface area contributed by atoms with Crippen molar-refractivity contribution in [1.29, 1.82) is 0 Å². The minimum Gasteiger partial charge on any atom is -0.456 e. The zero-order valence-electron chi connectivity index (χ0n) is 37.4. The largest absolute Gasteiger partial charge is 0.456 e. The van der Waals surface area contributed by atoms with Crippen molar-refractivity contribution in [2.75, 3.05) is 0 Å². The molecular weight excluding hydrogens is 833 g/mol. The van der Waals surface area contributed by atoms with E-state index in [4.69, 9.17) is 23.8 Å². The van der Waals surface area contributed by atoms with Crippen molar-refractivity contribution >= 4 is 87.2 Å². The number of hydrogen-bond acceptors (Lipinski definition) is 5. The van der Waals surface area contributed by atoms with Gasteiger partial charge in [0.25, 0.3) is 0 Å². The van der Waals surface area contributed by atoms with E-state index in [0.717, 1.165) is 93.8 Å². The highest BCUT2D eigenvalue weighted by Gasteiger charge is 2.23. The van der Waals surface area contributed by atoms with Crippen LogP contribution in [0.2, 0.25) is 0 Å². The Balaban J connectivity index is 0.00000149. The molecule has 14 rings (SSSR count). The lowest BCUT2D eigenvalue weighted by molar-refractivity contribution is 0.669. The maximum absolute atomic E-state index is 6.86. The van der Waals surface area contributed by atoms with Gasteiger partial charge in [0, 0.05) is 71.2 Å². The van der Waals surface area contributed by atoms with Gasteiger partial charge in [-0.3, -0.25) is 0 Å². The van der Waals surface area contributed by atoms with Gasteiger partial charge < -0.3 is 13.4 Å². The standard InChI is InChI=1S/C59H34N4O2.C3H8/c1-2-15-37(16-3-1)57-60-58(62-59(61-57)39-28-30-44-43-21-8-9-26-50(43)64-52(44)34-39)38-17-10-18-40(33-38)63-54-42-20-7-5-14-36(42)27-31-47(54)45-22-11-23-46(55(45)63)48-24-12-25-49-53-41-19-6-4-13-35(41)29-32-51(53)65-56(48)49;1-3-2/h1-34H;3H2,1-2H3. The smallest absolute Gasteiger partial charge is 0.164 e. The minimum atomic E-state index is 0.568. The molecule has 14 aromatic rings. The Morgan fingerprint density at radius 2 is 0.926 bits per heavy atom. The molecule has 0 unspecified atom stereocenters. The summed E-state index contributed by atoms with van der Waals surface area (Å²) in [5.41, 5.74) is 11.3. The first-order chi connectivity index (χ1) is 33.6. The van der Waals surface area contributed by atoms with Crippen molar-refractivity contribution in [3.8, 4) is 51.0 Å². The number of furan rings is 2. The molecule has 0 saturated carbocycles. The van der Waals surface area contributed by atoms with Crippen LogP contribution in [-0.4, -0.2) is 19.5 Å². The second kappa shape index (κ2) is 15.9. The van der Waals surface area contributed by atoms with Gasteiger partial charge in [0.1, 0.15) is 22.3 Å². The van der Waals surface area contributed by atoms with Gasteiger partial charge in [0.2, 0.25) is 0 Å². The van der Waals surface area contributed by atoms with Gasteiger partial charge in [-0.05, 0) is 52.6 Å². The summed E-state index contributed by atoms with van der Waals surface area (Å²) in [6.45, 7) is 4.25. The van der Waals surface area contributed by atoms with Crippen LogP contribution in [-0.2, 0) is 0 Å². The van der Waals surface area contributed by atoms with Gasteiger partial charge in [-0.25, -0.2) is 15.0 Å². The second-order valence-corrected chi connectivity index (χ2v) is 17.4. The quantitative estimate of drug-likeness (QED) is 0.172. The monoisotopic (exact) mass is 874 g/mol. The third-order valence-electron chi connectivity index (χ3n) is 13.0. The Morgan fingerprint density at radius 3 is 1.74 bits per heavy atom. The van der Waals surface area contributed by atoms with Gasteiger partial charge in [0.05, 0.1) is 11.0 Å². The molecule has 0 aliphatic carbocycles. The molecule has 0 aliphatic heterocycles. The van der Waals surface area contributed by atoms with E-state index in [2.05, 4.69) is 170 Å². The zero-order valence-corrected chi connectivity index (χ0v) is 37.4. The molecule has 10 aromatic carbocycles. The van der Waals surface area contributed by atoms with Crippen molar-refractivity contribution in [3.63, 3.8) is 0 Å². The molecule has 6 heteroatoms. The van der Waals surface area contributed by atoms with Crippen LogP contribution in [0.4, 0.5) is 0 Å². The fraction of sp³-hybridized carbons (Fsp3) is 0.0484. The Bertz CT molecular complexity index is 4270. The topological polar surface area (TPSA) is 69.9 Å². The average molecular weight is 875 g/mol. The summed E-state index contributed by atoms with van der Waals surface area (Å²) in [6.07, 6.45) is 1.25. The summed E-state index contributed by atoms with van der Waals surface area (Å²) < 4.78 is 15.6. The highest BCUT2D eigenvalue weighted by Crippen LogP contribution is 2.45. The van der Waals surface area contributed by atoms with E-state index >= 15 is 0 Å². The van der Waals surface area contributed by atoms with Gasteiger partial charge in [0.15, 0.2) is 17.5 Å². The third kappa shape index (κ3) is 6.29. The molecule has 6 nitrogen and oxygen atoms in total. The van der Waals surface area contributed by atoms with Gasteiger partial charge in [-0.2, -0.15) is 0 Å². The Labute approximate surface area is 391 Å². The second-order valence-electron chi connectivity index (χ2n) is 17.4. The highest BCUT2D eigenvalue weighted by atomic mass is 16.3. The Morgan fingerprint density at radius 1 is 0.368 bits per heavy atom. The number of para-hydroxylation sites is 3. The fourth-order valence-electron chi connectivity index (χ4n) is 10.1.